The van der Waals surface area contributed by atoms with Gasteiger partial charge in [-0.05, 0) is 36.8 Å². The Hall–Kier alpha value is -2.02. The van der Waals surface area contributed by atoms with E-state index < -0.39 is 0 Å². The third kappa shape index (κ3) is 4.58. The number of amides is 1. The van der Waals surface area contributed by atoms with E-state index in [2.05, 4.69) is 15.5 Å². The Balaban J connectivity index is 1.60. The quantitative estimate of drug-likeness (QED) is 0.610. The third-order valence-electron chi connectivity index (χ3n) is 3.70. The average Bonchev–Trinajstić information content (AvgIpc) is 3.11. The summed E-state index contributed by atoms with van der Waals surface area (Å²) < 4.78 is 1.85. The highest BCUT2D eigenvalue weighted by molar-refractivity contribution is 7.99. The van der Waals surface area contributed by atoms with Gasteiger partial charge in [-0.1, -0.05) is 59.2 Å². The molecule has 0 spiro atoms. The van der Waals surface area contributed by atoms with E-state index in [-0.39, 0.29) is 17.7 Å². The molecule has 0 aliphatic heterocycles. The van der Waals surface area contributed by atoms with Crippen LogP contribution in [0.15, 0.2) is 60.0 Å². The van der Waals surface area contributed by atoms with Crippen LogP contribution in [0.1, 0.15) is 18.5 Å². The summed E-state index contributed by atoms with van der Waals surface area (Å²) in [7, 11) is 0. The molecule has 1 aromatic heterocycles. The Kier molecular flexibility index (Phi) is 6.19. The summed E-state index contributed by atoms with van der Waals surface area (Å²) in [4.78, 5) is 12.3. The summed E-state index contributed by atoms with van der Waals surface area (Å²) in [6.45, 7) is 1.90. The minimum Gasteiger partial charge on any atom is -0.349 e. The summed E-state index contributed by atoms with van der Waals surface area (Å²) >= 11 is 13.3. The van der Waals surface area contributed by atoms with Crippen LogP contribution in [0.25, 0.3) is 5.69 Å². The minimum atomic E-state index is -0.176. The van der Waals surface area contributed by atoms with Crippen molar-refractivity contribution < 1.29 is 4.79 Å². The molecule has 1 amide bonds. The number of aromatic nitrogens is 3. The Bertz CT molecular complexity index is 901. The molecular formula is C18H16Cl2N4OS. The number of benzene rings is 2. The first-order valence-electron chi connectivity index (χ1n) is 7.87. The lowest BCUT2D eigenvalue weighted by atomic mass is 10.1. The van der Waals surface area contributed by atoms with Crippen LogP contribution in [0.2, 0.25) is 10.0 Å². The Morgan fingerprint density at radius 1 is 1.19 bits per heavy atom. The molecule has 1 heterocycles. The smallest absolute Gasteiger partial charge is 0.230 e. The van der Waals surface area contributed by atoms with E-state index in [1.807, 2.05) is 47.9 Å². The number of rotatable bonds is 6. The standard InChI is InChI=1S/C18H16Cl2N4OS/c1-12(13-7-8-15(19)16(20)9-13)22-17(25)10-26-18-23-21-11-24(18)14-5-3-2-4-6-14/h2-9,11-12H,10H2,1H3,(H,22,25)/t12-/m0/s1. The normalized spacial score (nSPS) is 12.0. The number of carbonyl (C=O) groups excluding carboxylic acids is 1. The van der Waals surface area contributed by atoms with Gasteiger partial charge >= 0.3 is 0 Å². The number of nitrogens with zero attached hydrogens (tertiary/aromatic N) is 3. The molecule has 5 nitrogen and oxygen atoms in total. The second kappa shape index (κ2) is 8.58. The van der Waals surface area contributed by atoms with Gasteiger partial charge in [0.1, 0.15) is 6.33 Å². The average molecular weight is 407 g/mol. The first-order chi connectivity index (χ1) is 12.5. The van der Waals surface area contributed by atoms with Crippen molar-refractivity contribution in [1.82, 2.24) is 20.1 Å². The molecule has 0 saturated carbocycles. The number of hydrogen-bond donors (Lipinski definition) is 1. The van der Waals surface area contributed by atoms with Crippen molar-refractivity contribution in [3.05, 3.63) is 70.5 Å². The maximum Gasteiger partial charge on any atom is 0.230 e. The number of halogens is 2. The highest BCUT2D eigenvalue weighted by Crippen LogP contribution is 2.26. The molecular weight excluding hydrogens is 391 g/mol. The molecule has 134 valence electrons. The van der Waals surface area contributed by atoms with Crippen molar-refractivity contribution in [1.29, 1.82) is 0 Å². The van der Waals surface area contributed by atoms with Gasteiger partial charge in [-0.15, -0.1) is 10.2 Å². The zero-order valence-electron chi connectivity index (χ0n) is 13.9. The molecule has 1 N–H and O–H groups in total. The predicted molar refractivity (Wildman–Crippen MR) is 105 cm³/mol. The Labute approximate surface area is 165 Å². The van der Waals surface area contributed by atoms with Crippen molar-refractivity contribution >= 4 is 40.9 Å². The lowest BCUT2D eigenvalue weighted by molar-refractivity contribution is -0.119. The van der Waals surface area contributed by atoms with Gasteiger partial charge in [0.15, 0.2) is 5.16 Å². The maximum absolute atomic E-state index is 12.3. The number of nitrogens with one attached hydrogen (secondary N) is 1. The fourth-order valence-corrected chi connectivity index (χ4v) is 3.41. The molecule has 8 heteroatoms. The number of carbonyl (C=O) groups is 1. The van der Waals surface area contributed by atoms with Crippen molar-refractivity contribution in [2.75, 3.05) is 5.75 Å². The minimum absolute atomic E-state index is 0.101. The van der Waals surface area contributed by atoms with E-state index in [4.69, 9.17) is 23.2 Å². The number of thioether (sulfide) groups is 1. The van der Waals surface area contributed by atoms with Crippen LogP contribution in [0.5, 0.6) is 0 Å². The molecule has 2 aromatic carbocycles. The first-order valence-corrected chi connectivity index (χ1v) is 9.61. The summed E-state index contributed by atoms with van der Waals surface area (Å²) in [6.07, 6.45) is 1.63. The van der Waals surface area contributed by atoms with Crippen molar-refractivity contribution in [2.45, 2.75) is 18.1 Å². The molecule has 0 aliphatic carbocycles. The number of hydrogen-bond acceptors (Lipinski definition) is 4. The fraction of sp³-hybridized carbons (Fsp3) is 0.167. The van der Waals surface area contributed by atoms with Crippen LogP contribution in [-0.2, 0) is 4.79 Å². The van der Waals surface area contributed by atoms with E-state index in [0.717, 1.165) is 11.3 Å². The van der Waals surface area contributed by atoms with E-state index in [1.165, 1.54) is 11.8 Å². The van der Waals surface area contributed by atoms with Crippen LogP contribution >= 0.6 is 35.0 Å². The SMILES string of the molecule is C[C@H](NC(=O)CSc1nncn1-c1ccccc1)c1ccc(Cl)c(Cl)c1. The Morgan fingerprint density at radius 2 is 1.96 bits per heavy atom. The van der Waals surface area contributed by atoms with E-state index >= 15 is 0 Å². The second-order valence-electron chi connectivity index (χ2n) is 5.57. The van der Waals surface area contributed by atoms with E-state index in [0.29, 0.717) is 15.2 Å². The van der Waals surface area contributed by atoms with Gasteiger partial charge in [0.05, 0.1) is 21.8 Å². The summed E-state index contributed by atoms with van der Waals surface area (Å²) in [5.41, 5.74) is 1.84. The summed E-state index contributed by atoms with van der Waals surface area (Å²) in [5.74, 6) is 0.133. The van der Waals surface area contributed by atoms with Crippen LogP contribution in [0.3, 0.4) is 0 Å². The zero-order chi connectivity index (χ0) is 18.5. The van der Waals surface area contributed by atoms with Gasteiger partial charge in [-0.25, -0.2) is 0 Å². The van der Waals surface area contributed by atoms with Gasteiger partial charge in [-0.3, -0.25) is 9.36 Å². The molecule has 0 unspecified atom stereocenters. The maximum atomic E-state index is 12.3. The molecule has 0 fully saturated rings. The first kappa shape index (κ1) is 18.8. The molecule has 0 saturated heterocycles. The van der Waals surface area contributed by atoms with E-state index in [9.17, 15) is 4.79 Å². The van der Waals surface area contributed by atoms with Gasteiger partial charge in [0.2, 0.25) is 5.91 Å². The number of para-hydroxylation sites is 1. The highest BCUT2D eigenvalue weighted by atomic mass is 35.5. The van der Waals surface area contributed by atoms with Crippen LogP contribution in [0.4, 0.5) is 0 Å². The van der Waals surface area contributed by atoms with Gasteiger partial charge < -0.3 is 5.32 Å². The zero-order valence-corrected chi connectivity index (χ0v) is 16.2. The van der Waals surface area contributed by atoms with Gasteiger partial charge in [0.25, 0.3) is 0 Å². The molecule has 0 bridgehead atoms. The topological polar surface area (TPSA) is 59.8 Å². The van der Waals surface area contributed by atoms with E-state index in [1.54, 1.807) is 18.5 Å². The van der Waals surface area contributed by atoms with Crippen LogP contribution < -0.4 is 5.32 Å². The van der Waals surface area contributed by atoms with Crippen LogP contribution in [-0.4, -0.2) is 26.4 Å². The molecule has 26 heavy (non-hydrogen) atoms. The predicted octanol–water partition coefficient (Wildman–Crippen LogP) is 4.54. The summed E-state index contributed by atoms with van der Waals surface area (Å²) in [6, 6.07) is 14.9. The van der Waals surface area contributed by atoms with Gasteiger partial charge in [0, 0.05) is 5.69 Å². The van der Waals surface area contributed by atoms with Crippen molar-refractivity contribution in [3.63, 3.8) is 0 Å². The molecule has 0 aliphatic rings. The monoisotopic (exact) mass is 406 g/mol. The van der Waals surface area contributed by atoms with Crippen molar-refractivity contribution in [2.24, 2.45) is 0 Å². The van der Waals surface area contributed by atoms with Gasteiger partial charge in [-0.2, -0.15) is 0 Å². The molecule has 0 radical (unpaired) electrons. The lowest BCUT2D eigenvalue weighted by Crippen LogP contribution is -2.28. The third-order valence-corrected chi connectivity index (χ3v) is 5.39. The molecule has 3 rings (SSSR count). The highest BCUT2D eigenvalue weighted by Gasteiger charge is 2.13. The fourth-order valence-electron chi connectivity index (χ4n) is 2.37. The summed E-state index contributed by atoms with van der Waals surface area (Å²) in [5, 5.41) is 12.6. The largest absolute Gasteiger partial charge is 0.349 e. The van der Waals surface area contributed by atoms with Crippen molar-refractivity contribution in [3.8, 4) is 5.69 Å². The van der Waals surface area contributed by atoms with Crippen LogP contribution in [0, 0.1) is 0 Å². The Morgan fingerprint density at radius 3 is 2.69 bits per heavy atom. The lowest BCUT2D eigenvalue weighted by Gasteiger charge is -2.15. The second-order valence-corrected chi connectivity index (χ2v) is 7.33. The molecule has 3 aromatic rings. The molecule has 1 atom stereocenters.